The molecule has 0 bridgehead atoms. The van der Waals surface area contributed by atoms with E-state index >= 15 is 0 Å². The molecule has 0 aliphatic carbocycles. The fourth-order valence-electron chi connectivity index (χ4n) is 2.64. The third-order valence-electron chi connectivity index (χ3n) is 4.17. The van der Waals surface area contributed by atoms with Crippen LogP contribution < -0.4 is 10.1 Å². The summed E-state index contributed by atoms with van der Waals surface area (Å²) >= 11 is 0. The monoisotopic (exact) mass is 387 g/mol. The summed E-state index contributed by atoms with van der Waals surface area (Å²) in [6.07, 6.45) is 3.01. The Morgan fingerprint density at radius 3 is 2.31 bits per heavy atom. The van der Waals surface area contributed by atoms with Crippen molar-refractivity contribution in [2.24, 2.45) is 0 Å². The van der Waals surface area contributed by atoms with Crippen LogP contribution in [0.2, 0.25) is 0 Å². The van der Waals surface area contributed by atoms with Crippen molar-refractivity contribution in [2.45, 2.75) is 6.61 Å². The van der Waals surface area contributed by atoms with Gasteiger partial charge in [-0.1, -0.05) is 48.5 Å². The molecule has 5 nitrogen and oxygen atoms in total. The minimum atomic E-state index is -0.457. The molecule has 0 atom stereocenters. The number of carbonyl (C=O) groups is 2. The number of methoxy groups -OCH3 is 1. The molecule has 1 amide bonds. The van der Waals surface area contributed by atoms with Crippen LogP contribution in [0.1, 0.15) is 21.5 Å². The van der Waals surface area contributed by atoms with Crippen molar-refractivity contribution in [3.05, 3.63) is 102 Å². The number of para-hydroxylation sites is 2. The lowest BCUT2D eigenvalue weighted by Gasteiger charge is -2.07. The largest absolute Gasteiger partial charge is 0.496 e. The molecule has 0 aromatic heterocycles. The zero-order valence-corrected chi connectivity index (χ0v) is 16.0. The van der Waals surface area contributed by atoms with Gasteiger partial charge in [-0.3, -0.25) is 4.79 Å². The lowest BCUT2D eigenvalue weighted by Crippen LogP contribution is -2.11. The molecule has 0 aliphatic heterocycles. The zero-order valence-electron chi connectivity index (χ0n) is 16.0. The second kappa shape index (κ2) is 9.90. The Bertz CT molecular complexity index is 995. The van der Waals surface area contributed by atoms with Gasteiger partial charge in [0.15, 0.2) is 0 Å². The number of carbonyl (C=O) groups excluding carboxylic acids is 2. The second-order valence-corrected chi connectivity index (χ2v) is 6.20. The maximum absolute atomic E-state index is 12.2. The van der Waals surface area contributed by atoms with Crippen LogP contribution in [0, 0.1) is 0 Å². The molecule has 3 aromatic carbocycles. The maximum Gasteiger partial charge on any atom is 0.331 e. The number of rotatable bonds is 7. The van der Waals surface area contributed by atoms with Crippen LogP contribution in [0.15, 0.2) is 84.9 Å². The fraction of sp³-hybridized carbons (Fsp3) is 0.0833. The van der Waals surface area contributed by atoms with Crippen LogP contribution in [-0.2, 0) is 16.1 Å². The molecule has 146 valence electrons. The van der Waals surface area contributed by atoms with E-state index < -0.39 is 5.97 Å². The molecule has 0 unspecified atom stereocenters. The van der Waals surface area contributed by atoms with Gasteiger partial charge in [0.2, 0.25) is 0 Å². The SMILES string of the molecule is COc1ccccc1/C=C/C(=O)OCc1ccc(C(=O)Nc2ccccc2)cc1. The second-order valence-electron chi connectivity index (χ2n) is 6.20. The molecular formula is C24H21NO4. The van der Waals surface area contributed by atoms with Crippen molar-refractivity contribution < 1.29 is 19.1 Å². The van der Waals surface area contributed by atoms with Gasteiger partial charge in [0.25, 0.3) is 5.91 Å². The standard InChI is InChI=1S/C24H21NO4/c1-28-22-10-6-5-7-19(22)15-16-23(26)29-17-18-11-13-20(14-12-18)24(27)25-21-8-3-2-4-9-21/h2-16H,17H2,1H3,(H,25,27)/b16-15+. The molecule has 1 N–H and O–H groups in total. The number of hydrogen-bond acceptors (Lipinski definition) is 4. The van der Waals surface area contributed by atoms with E-state index in [1.165, 1.54) is 6.08 Å². The number of anilines is 1. The summed E-state index contributed by atoms with van der Waals surface area (Å²) in [7, 11) is 1.58. The highest BCUT2D eigenvalue weighted by Gasteiger charge is 2.07. The lowest BCUT2D eigenvalue weighted by atomic mass is 10.1. The summed E-state index contributed by atoms with van der Waals surface area (Å²) in [5.74, 6) is 0.0298. The highest BCUT2D eigenvalue weighted by Crippen LogP contribution is 2.18. The van der Waals surface area contributed by atoms with Gasteiger partial charge in [-0.2, -0.15) is 0 Å². The smallest absolute Gasteiger partial charge is 0.331 e. The highest BCUT2D eigenvalue weighted by atomic mass is 16.5. The number of nitrogens with one attached hydrogen (secondary N) is 1. The van der Waals surface area contributed by atoms with Gasteiger partial charge >= 0.3 is 5.97 Å². The van der Waals surface area contributed by atoms with Crippen LogP contribution in [-0.4, -0.2) is 19.0 Å². The Labute approximate surface area is 169 Å². The molecule has 3 rings (SSSR count). The van der Waals surface area contributed by atoms with E-state index in [-0.39, 0.29) is 12.5 Å². The molecule has 0 fully saturated rings. The summed E-state index contributed by atoms with van der Waals surface area (Å²) in [4.78, 5) is 24.2. The van der Waals surface area contributed by atoms with Gasteiger partial charge in [0, 0.05) is 22.9 Å². The Kier molecular flexibility index (Phi) is 6.79. The topological polar surface area (TPSA) is 64.6 Å². The molecule has 3 aromatic rings. The zero-order chi connectivity index (χ0) is 20.5. The first-order valence-electron chi connectivity index (χ1n) is 9.09. The summed E-state index contributed by atoms with van der Waals surface area (Å²) < 4.78 is 10.5. The van der Waals surface area contributed by atoms with Crippen molar-refractivity contribution in [1.29, 1.82) is 0 Å². The molecule has 29 heavy (non-hydrogen) atoms. The Hall–Kier alpha value is -3.86. The van der Waals surface area contributed by atoms with Gasteiger partial charge in [0.05, 0.1) is 7.11 Å². The average molecular weight is 387 g/mol. The predicted molar refractivity (Wildman–Crippen MR) is 113 cm³/mol. The van der Waals surface area contributed by atoms with E-state index in [4.69, 9.17) is 9.47 Å². The van der Waals surface area contributed by atoms with Crippen LogP contribution in [0.5, 0.6) is 5.75 Å². The molecule has 5 heteroatoms. The van der Waals surface area contributed by atoms with Crippen molar-refractivity contribution in [3.8, 4) is 5.75 Å². The first kappa shape index (κ1) is 19.9. The molecule has 0 saturated heterocycles. The first-order chi connectivity index (χ1) is 14.2. The fourth-order valence-corrected chi connectivity index (χ4v) is 2.64. The van der Waals surface area contributed by atoms with Crippen LogP contribution >= 0.6 is 0 Å². The number of ether oxygens (including phenoxy) is 2. The van der Waals surface area contributed by atoms with Crippen molar-refractivity contribution in [3.63, 3.8) is 0 Å². The van der Waals surface area contributed by atoms with Gasteiger partial charge in [-0.15, -0.1) is 0 Å². The lowest BCUT2D eigenvalue weighted by molar-refractivity contribution is -0.138. The minimum Gasteiger partial charge on any atom is -0.496 e. The Morgan fingerprint density at radius 1 is 0.897 bits per heavy atom. The van der Waals surface area contributed by atoms with Gasteiger partial charge in [-0.05, 0) is 42.0 Å². The average Bonchev–Trinajstić information content (AvgIpc) is 2.77. The number of benzene rings is 3. The molecule has 0 radical (unpaired) electrons. The third kappa shape index (κ3) is 5.81. The summed E-state index contributed by atoms with van der Waals surface area (Å²) in [6, 6.07) is 23.6. The van der Waals surface area contributed by atoms with Crippen LogP contribution in [0.4, 0.5) is 5.69 Å². The van der Waals surface area contributed by atoms with E-state index in [0.717, 1.165) is 16.8 Å². The number of amides is 1. The van der Waals surface area contributed by atoms with Crippen molar-refractivity contribution in [1.82, 2.24) is 0 Å². The first-order valence-corrected chi connectivity index (χ1v) is 9.09. The minimum absolute atomic E-state index is 0.121. The molecule has 0 heterocycles. The van der Waals surface area contributed by atoms with E-state index in [1.54, 1.807) is 37.5 Å². The Balaban J connectivity index is 1.52. The van der Waals surface area contributed by atoms with Crippen LogP contribution in [0.25, 0.3) is 6.08 Å². The Morgan fingerprint density at radius 2 is 1.59 bits per heavy atom. The van der Waals surface area contributed by atoms with Gasteiger partial charge in [-0.25, -0.2) is 4.79 Å². The van der Waals surface area contributed by atoms with E-state index in [2.05, 4.69) is 5.32 Å². The van der Waals surface area contributed by atoms with Crippen molar-refractivity contribution >= 4 is 23.6 Å². The molecule has 0 saturated carbocycles. The molecular weight excluding hydrogens is 366 g/mol. The van der Waals surface area contributed by atoms with Gasteiger partial charge in [0.1, 0.15) is 12.4 Å². The van der Waals surface area contributed by atoms with E-state index in [0.29, 0.717) is 11.3 Å². The third-order valence-corrected chi connectivity index (χ3v) is 4.17. The maximum atomic E-state index is 12.2. The predicted octanol–water partition coefficient (Wildman–Crippen LogP) is 4.70. The van der Waals surface area contributed by atoms with E-state index in [1.807, 2.05) is 54.6 Å². The summed E-state index contributed by atoms with van der Waals surface area (Å²) in [5.41, 5.74) is 2.85. The van der Waals surface area contributed by atoms with Gasteiger partial charge < -0.3 is 14.8 Å². The summed E-state index contributed by atoms with van der Waals surface area (Å²) in [5, 5.41) is 2.83. The number of hydrogen-bond donors (Lipinski definition) is 1. The van der Waals surface area contributed by atoms with E-state index in [9.17, 15) is 9.59 Å². The summed E-state index contributed by atoms with van der Waals surface area (Å²) in [6.45, 7) is 0.121. The van der Waals surface area contributed by atoms with Crippen LogP contribution in [0.3, 0.4) is 0 Å². The highest BCUT2D eigenvalue weighted by molar-refractivity contribution is 6.04. The van der Waals surface area contributed by atoms with Crippen molar-refractivity contribution in [2.75, 3.05) is 12.4 Å². The normalized spacial score (nSPS) is 10.5. The molecule has 0 aliphatic rings. The quantitative estimate of drug-likeness (QED) is 0.471. The molecule has 0 spiro atoms. The number of esters is 1.